The van der Waals surface area contributed by atoms with Gasteiger partial charge in [-0.2, -0.15) is 0 Å². The number of nitrogens with zero attached hydrogens (tertiary/aromatic N) is 1. The smallest absolute Gasteiger partial charge is 0.123 e. The summed E-state index contributed by atoms with van der Waals surface area (Å²) < 4.78 is 0. The third-order valence-corrected chi connectivity index (χ3v) is 2.07. The predicted octanol–water partition coefficient (Wildman–Crippen LogP) is 2.02. The van der Waals surface area contributed by atoms with E-state index in [2.05, 4.69) is 11.8 Å². The highest BCUT2D eigenvalue weighted by Crippen LogP contribution is 2.23. The molecule has 0 radical (unpaired) electrons. The highest BCUT2D eigenvalue weighted by Gasteiger charge is 2.05. The summed E-state index contributed by atoms with van der Waals surface area (Å²) in [5.74, 6) is 0.457. The van der Waals surface area contributed by atoms with Crippen LogP contribution in [0.25, 0.3) is 0 Å². The van der Waals surface area contributed by atoms with Crippen molar-refractivity contribution in [3.8, 4) is 5.75 Å². The van der Waals surface area contributed by atoms with Crippen LogP contribution in [0.5, 0.6) is 5.75 Å². The van der Waals surface area contributed by atoms with E-state index in [4.69, 9.17) is 0 Å². The fourth-order valence-electron chi connectivity index (χ4n) is 1.40. The van der Waals surface area contributed by atoms with Crippen LogP contribution in [0.3, 0.4) is 0 Å². The Hall–Kier alpha value is -1.02. The van der Waals surface area contributed by atoms with E-state index in [0.717, 1.165) is 24.1 Å². The lowest BCUT2D eigenvalue weighted by Crippen LogP contribution is -2.11. The van der Waals surface area contributed by atoms with Gasteiger partial charge in [-0.05, 0) is 26.1 Å². The van der Waals surface area contributed by atoms with Gasteiger partial charge in [0.15, 0.2) is 0 Å². The molecule has 1 aromatic rings. The van der Waals surface area contributed by atoms with Crippen molar-refractivity contribution in [1.29, 1.82) is 0 Å². The van der Waals surface area contributed by atoms with E-state index in [0.29, 0.717) is 5.75 Å². The van der Waals surface area contributed by atoms with Gasteiger partial charge in [0, 0.05) is 12.1 Å². The molecule has 0 bridgehead atoms. The molecule has 0 aliphatic heterocycles. The van der Waals surface area contributed by atoms with Crippen LogP contribution in [-0.2, 0) is 13.0 Å². The Balaban J connectivity index is 2.94. The fraction of sp³-hybridized carbons (Fsp3) is 0.455. The standard InChI is InChI=1S/C11H17NO/c1-4-9-6-5-7-10(11(9)13)8-12(2)3/h5-7,13H,4,8H2,1-3H3. The van der Waals surface area contributed by atoms with Gasteiger partial charge in [-0.1, -0.05) is 25.1 Å². The lowest BCUT2D eigenvalue weighted by Gasteiger charge is -2.12. The molecule has 0 atom stereocenters. The van der Waals surface area contributed by atoms with Crippen LogP contribution in [0.2, 0.25) is 0 Å². The van der Waals surface area contributed by atoms with Crippen LogP contribution < -0.4 is 0 Å². The van der Waals surface area contributed by atoms with Gasteiger partial charge in [0.1, 0.15) is 5.75 Å². The molecular formula is C11H17NO. The molecule has 0 aliphatic rings. The molecule has 1 N–H and O–H groups in total. The number of aryl methyl sites for hydroxylation is 1. The van der Waals surface area contributed by atoms with Gasteiger partial charge in [0.05, 0.1) is 0 Å². The van der Waals surface area contributed by atoms with E-state index in [1.165, 1.54) is 0 Å². The largest absolute Gasteiger partial charge is 0.507 e. The Morgan fingerprint density at radius 3 is 2.38 bits per heavy atom. The fourth-order valence-corrected chi connectivity index (χ4v) is 1.40. The highest BCUT2D eigenvalue weighted by molar-refractivity contribution is 5.40. The number of para-hydroxylation sites is 1. The number of phenols is 1. The van der Waals surface area contributed by atoms with Gasteiger partial charge >= 0.3 is 0 Å². The minimum atomic E-state index is 0.457. The predicted molar refractivity (Wildman–Crippen MR) is 54.9 cm³/mol. The first kappa shape index (κ1) is 10.1. The monoisotopic (exact) mass is 179 g/mol. The maximum Gasteiger partial charge on any atom is 0.123 e. The van der Waals surface area contributed by atoms with Gasteiger partial charge in [0.25, 0.3) is 0 Å². The van der Waals surface area contributed by atoms with Crippen molar-refractivity contribution in [1.82, 2.24) is 4.90 Å². The Bertz CT molecular complexity index is 281. The molecule has 0 heterocycles. The van der Waals surface area contributed by atoms with E-state index >= 15 is 0 Å². The number of rotatable bonds is 3. The summed E-state index contributed by atoms with van der Waals surface area (Å²) in [6.45, 7) is 2.84. The van der Waals surface area contributed by atoms with Crippen LogP contribution in [0.4, 0.5) is 0 Å². The third-order valence-electron chi connectivity index (χ3n) is 2.07. The van der Waals surface area contributed by atoms with Crippen LogP contribution in [-0.4, -0.2) is 24.1 Å². The zero-order chi connectivity index (χ0) is 9.84. The van der Waals surface area contributed by atoms with Crippen molar-refractivity contribution in [3.05, 3.63) is 29.3 Å². The molecule has 0 aliphatic carbocycles. The summed E-state index contributed by atoms with van der Waals surface area (Å²) in [4.78, 5) is 2.05. The number of phenolic OH excluding ortho intramolecular Hbond substituents is 1. The Morgan fingerprint density at radius 2 is 1.85 bits per heavy atom. The van der Waals surface area contributed by atoms with E-state index in [1.807, 2.05) is 32.3 Å². The molecule has 13 heavy (non-hydrogen) atoms. The van der Waals surface area contributed by atoms with Crippen molar-refractivity contribution >= 4 is 0 Å². The van der Waals surface area contributed by atoms with Crippen molar-refractivity contribution in [2.45, 2.75) is 19.9 Å². The molecule has 0 fully saturated rings. The summed E-state index contributed by atoms with van der Waals surface area (Å²) >= 11 is 0. The zero-order valence-corrected chi connectivity index (χ0v) is 8.54. The number of aromatic hydroxyl groups is 1. The number of hydrogen-bond acceptors (Lipinski definition) is 2. The summed E-state index contributed by atoms with van der Waals surface area (Å²) in [7, 11) is 4.00. The minimum absolute atomic E-state index is 0.457. The molecule has 0 saturated heterocycles. The Labute approximate surface area is 79.8 Å². The molecule has 2 nitrogen and oxygen atoms in total. The van der Waals surface area contributed by atoms with Crippen molar-refractivity contribution in [2.75, 3.05) is 14.1 Å². The van der Waals surface area contributed by atoms with Crippen molar-refractivity contribution < 1.29 is 5.11 Å². The zero-order valence-electron chi connectivity index (χ0n) is 8.54. The van der Waals surface area contributed by atoms with E-state index in [1.54, 1.807) is 0 Å². The van der Waals surface area contributed by atoms with E-state index in [-0.39, 0.29) is 0 Å². The van der Waals surface area contributed by atoms with Gasteiger partial charge in [-0.3, -0.25) is 0 Å². The third kappa shape index (κ3) is 2.46. The minimum Gasteiger partial charge on any atom is -0.507 e. The van der Waals surface area contributed by atoms with Crippen LogP contribution in [0.1, 0.15) is 18.1 Å². The maximum absolute atomic E-state index is 9.81. The van der Waals surface area contributed by atoms with Gasteiger partial charge < -0.3 is 10.0 Å². The molecular weight excluding hydrogens is 162 g/mol. The molecule has 0 amide bonds. The van der Waals surface area contributed by atoms with E-state index in [9.17, 15) is 5.11 Å². The van der Waals surface area contributed by atoms with Gasteiger partial charge in [-0.15, -0.1) is 0 Å². The topological polar surface area (TPSA) is 23.5 Å². The number of hydrogen-bond donors (Lipinski definition) is 1. The summed E-state index contributed by atoms with van der Waals surface area (Å²) in [5, 5.41) is 9.81. The molecule has 0 saturated carbocycles. The average Bonchev–Trinajstić information content (AvgIpc) is 2.08. The summed E-state index contributed by atoms with van der Waals surface area (Å²) in [6.07, 6.45) is 0.882. The lowest BCUT2D eigenvalue weighted by molar-refractivity contribution is 0.384. The van der Waals surface area contributed by atoms with Gasteiger partial charge in [-0.25, -0.2) is 0 Å². The van der Waals surface area contributed by atoms with E-state index < -0.39 is 0 Å². The molecule has 2 heteroatoms. The second-order valence-electron chi connectivity index (χ2n) is 3.52. The van der Waals surface area contributed by atoms with Crippen molar-refractivity contribution in [3.63, 3.8) is 0 Å². The van der Waals surface area contributed by atoms with Crippen LogP contribution in [0.15, 0.2) is 18.2 Å². The second-order valence-corrected chi connectivity index (χ2v) is 3.52. The maximum atomic E-state index is 9.81. The molecule has 0 unspecified atom stereocenters. The van der Waals surface area contributed by atoms with Crippen LogP contribution >= 0.6 is 0 Å². The first-order chi connectivity index (χ1) is 6.15. The highest BCUT2D eigenvalue weighted by atomic mass is 16.3. The first-order valence-corrected chi connectivity index (χ1v) is 4.59. The normalized spacial score (nSPS) is 10.8. The molecule has 1 aromatic carbocycles. The van der Waals surface area contributed by atoms with Crippen LogP contribution in [0, 0.1) is 0 Å². The second kappa shape index (κ2) is 4.28. The Kier molecular flexibility index (Phi) is 3.32. The number of benzene rings is 1. The Morgan fingerprint density at radius 1 is 1.23 bits per heavy atom. The molecule has 72 valence electrons. The van der Waals surface area contributed by atoms with Gasteiger partial charge in [0.2, 0.25) is 0 Å². The summed E-state index contributed by atoms with van der Waals surface area (Å²) in [5.41, 5.74) is 2.03. The molecule has 0 aromatic heterocycles. The SMILES string of the molecule is CCc1cccc(CN(C)C)c1O. The summed E-state index contributed by atoms with van der Waals surface area (Å²) in [6, 6.07) is 5.93. The lowest BCUT2D eigenvalue weighted by atomic mass is 10.1. The van der Waals surface area contributed by atoms with Crippen molar-refractivity contribution in [2.24, 2.45) is 0 Å². The average molecular weight is 179 g/mol. The first-order valence-electron chi connectivity index (χ1n) is 4.59. The quantitative estimate of drug-likeness (QED) is 0.767. The molecule has 0 spiro atoms. The molecule has 1 rings (SSSR count).